The molecule has 4 rings (SSSR count). The van der Waals surface area contributed by atoms with Crippen LogP contribution >= 0.6 is 0 Å². The van der Waals surface area contributed by atoms with Gasteiger partial charge in [-0.05, 0) is 89.4 Å². The van der Waals surface area contributed by atoms with Gasteiger partial charge in [-0.25, -0.2) is 4.79 Å². The molecule has 0 aliphatic carbocycles. The molecule has 33 heavy (non-hydrogen) atoms. The van der Waals surface area contributed by atoms with Crippen LogP contribution in [-0.4, -0.2) is 73.4 Å². The van der Waals surface area contributed by atoms with E-state index < -0.39 is 0 Å². The van der Waals surface area contributed by atoms with Crippen LogP contribution in [0.15, 0.2) is 48.8 Å². The maximum Gasteiger partial charge on any atom is 0.337 e. The van der Waals surface area contributed by atoms with Crippen molar-refractivity contribution in [3.8, 4) is 5.75 Å². The van der Waals surface area contributed by atoms with Crippen LogP contribution in [0.1, 0.15) is 16.7 Å². The van der Waals surface area contributed by atoms with Crippen molar-refractivity contribution in [3.63, 3.8) is 0 Å². The van der Waals surface area contributed by atoms with Crippen LogP contribution in [0.4, 0.5) is 4.79 Å². The fourth-order valence-corrected chi connectivity index (χ4v) is 4.34. The summed E-state index contributed by atoms with van der Waals surface area (Å²) in [6.07, 6.45) is 5.77. The Morgan fingerprint density at radius 3 is 1.85 bits per heavy atom. The Hall–Kier alpha value is -3.09. The summed E-state index contributed by atoms with van der Waals surface area (Å²) in [6.45, 7) is 3.94. The van der Waals surface area contributed by atoms with Gasteiger partial charge in [-0.3, -0.25) is 9.13 Å². The third kappa shape index (κ3) is 4.68. The zero-order valence-electron chi connectivity index (χ0n) is 20.6. The molecule has 0 spiro atoms. The van der Waals surface area contributed by atoms with Crippen LogP contribution in [0.5, 0.6) is 5.75 Å². The first-order valence-electron chi connectivity index (χ1n) is 11.4. The molecule has 0 radical (unpaired) electrons. The van der Waals surface area contributed by atoms with Gasteiger partial charge in [0, 0.05) is 36.3 Å². The number of hydrogen-bond acceptors (Lipinski definition) is 4. The lowest BCUT2D eigenvalue weighted by molar-refractivity contribution is 0.245. The number of methoxy groups -OCH3 is 1. The number of aromatic nitrogens is 2. The Bertz CT molecular complexity index is 1300. The molecule has 0 amide bonds. The van der Waals surface area contributed by atoms with Gasteiger partial charge in [0.25, 0.3) is 0 Å². The smallest absolute Gasteiger partial charge is 0.337 e. The van der Waals surface area contributed by atoms with Crippen molar-refractivity contribution in [1.29, 1.82) is 0 Å². The monoisotopic (exact) mass is 446 g/mol. The van der Waals surface area contributed by atoms with Gasteiger partial charge in [-0.15, -0.1) is 0 Å². The van der Waals surface area contributed by atoms with Crippen molar-refractivity contribution in [1.82, 2.24) is 18.9 Å². The summed E-state index contributed by atoms with van der Waals surface area (Å²) in [5.41, 5.74) is 5.39. The number of carbonyl (C=O) groups is 1. The first-order chi connectivity index (χ1) is 15.8. The molecule has 0 saturated carbocycles. The highest BCUT2D eigenvalue weighted by Gasteiger charge is 2.19. The van der Waals surface area contributed by atoms with Crippen molar-refractivity contribution in [2.45, 2.75) is 19.8 Å². The molecule has 6 nitrogen and oxygen atoms in total. The Kier molecular flexibility index (Phi) is 6.58. The molecule has 2 aromatic carbocycles. The largest absolute Gasteiger partial charge is 0.497 e. The normalized spacial score (nSPS) is 11.9. The molecule has 0 saturated heterocycles. The summed E-state index contributed by atoms with van der Waals surface area (Å²) in [6, 6.07) is 12.2. The highest BCUT2D eigenvalue weighted by Crippen LogP contribution is 2.29. The van der Waals surface area contributed by atoms with Crippen molar-refractivity contribution in [2.24, 2.45) is 0 Å². The molecule has 2 aromatic heterocycles. The SMILES string of the molecule is COc1ccc2c(c1)c(CCN(C)C)cn2C(=O)n1cc(CCN(C)C)c2cc(C)ccc21. The second kappa shape index (κ2) is 9.41. The molecule has 0 atom stereocenters. The Morgan fingerprint density at radius 2 is 1.33 bits per heavy atom. The number of carbonyl (C=O) groups excluding carboxylic acids is 1. The van der Waals surface area contributed by atoms with E-state index in [4.69, 9.17) is 4.74 Å². The van der Waals surface area contributed by atoms with Crippen molar-refractivity contribution in [3.05, 3.63) is 65.5 Å². The number of ether oxygens (including phenoxy) is 1. The molecule has 0 fully saturated rings. The van der Waals surface area contributed by atoms with Gasteiger partial charge in [-0.2, -0.15) is 0 Å². The van der Waals surface area contributed by atoms with Crippen LogP contribution in [-0.2, 0) is 12.8 Å². The molecule has 0 aliphatic heterocycles. The average Bonchev–Trinajstić information content (AvgIpc) is 3.33. The number of aryl methyl sites for hydroxylation is 1. The maximum absolute atomic E-state index is 13.9. The lowest BCUT2D eigenvalue weighted by Crippen LogP contribution is -2.18. The van der Waals surface area contributed by atoms with E-state index in [0.717, 1.165) is 59.0 Å². The third-order valence-electron chi connectivity index (χ3n) is 6.21. The average molecular weight is 447 g/mol. The number of hydrogen-bond donors (Lipinski definition) is 0. The van der Waals surface area contributed by atoms with E-state index in [2.05, 4.69) is 63.1 Å². The number of fused-ring (bicyclic) bond motifs is 2. The van der Waals surface area contributed by atoms with Gasteiger partial charge in [0.05, 0.1) is 18.1 Å². The standard InChI is InChI=1S/C27H34N4O2/c1-19-7-9-25-23(15-19)20(11-13-28(2)3)17-30(25)27(32)31-18-21(12-14-29(4)5)24-16-22(33-6)8-10-26(24)31/h7-10,15-18H,11-14H2,1-6H3. The lowest BCUT2D eigenvalue weighted by atomic mass is 10.1. The zero-order chi connectivity index (χ0) is 23.7. The molecular formula is C27H34N4O2. The summed E-state index contributed by atoms with van der Waals surface area (Å²) >= 11 is 0. The molecule has 0 N–H and O–H groups in total. The zero-order valence-corrected chi connectivity index (χ0v) is 20.6. The highest BCUT2D eigenvalue weighted by atomic mass is 16.5. The minimum absolute atomic E-state index is 0.0637. The van der Waals surface area contributed by atoms with Crippen LogP contribution in [0.25, 0.3) is 21.8 Å². The summed E-state index contributed by atoms with van der Waals surface area (Å²) < 4.78 is 9.05. The van der Waals surface area contributed by atoms with Crippen LogP contribution in [0.3, 0.4) is 0 Å². The molecule has 0 aliphatic rings. The van der Waals surface area contributed by atoms with Crippen LogP contribution in [0.2, 0.25) is 0 Å². The highest BCUT2D eigenvalue weighted by molar-refractivity contribution is 6.00. The van der Waals surface area contributed by atoms with E-state index in [-0.39, 0.29) is 6.03 Å². The van der Waals surface area contributed by atoms with E-state index >= 15 is 0 Å². The molecule has 6 heteroatoms. The second-order valence-corrected chi connectivity index (χ2v) is 9.34. The van der Waals surface area contributed by atoms with Crippen molar-refractivity contribution < 1.29 is 9.53 Å². The van der Waals surface area contributed by atoms with Gasteiger partial charge in [0.2, 0.25) is 0 Å². The first-order valence-corrected chi connectivity index (χ1v) is 11.4. The minimum atomic E-state index is -0.0637. The first kappa shape index (κ1) is 23.1. The van der Waals surface area contributed by atoms with Gasteiger partial charge in [0.15, 0.2) is 0 Å². The quantitative estimate of drug-likeness (QED) is 0.415. The molecule has 174 valence electrons. The molecule has 4 aromatic rings. The number of rotatable bonds is 7. The van der Waals surface area contributed by atoms with E-state index in [1.807, 2.05) is 30.6 Å². The number of likely N-dealkylation sites (N-methyl/N-ethyl adjacent to an activating group) is 2. The predicted octanol–water partition coefficient (Wildman–Crippen LogP) is 4.64. The van der Waals surface area contributed by atoms with Gasteiger partial charge in [-0.1, -0.05) is 11.6 Å². The lowest BCUT2D eigenvalue weighted by Gasteiger charge is -2.08. The Balaban J connectivity index is 1.83. The molecule has 0 unspecified atom stereocenters. The summed E-state index contributed by atoms with van der Waals surface area (Å²) in [5, 5.41) is 2.21. The van der Waals surface area contributed by atoms with Crippen LogP contribution < -0.4 is 4.74 Å². The summed E-state index contributed by atoms with van der Waals surface area (Å²) in [4.78, 5) is 18.2. The van der Waals surface area contributed by atoms with E-state index in [1.54, 1.807) is 16.2 Å². The topological polar surface area (TPSA) is 42.6 Å². The fourth-order valence-electron chi connectivity index (χ4n) is 4.34. The molecular weight excluding hydrogens is 412 g/mol. The van der Waals surface area contributed by atoms with E-state index in [0.29, 0.717) is 0 Å². The molecule has 2 heterocycles. The number of nitrogens with zero attached hydrogens (tertiary/aromatic N) is 4. The van der Waals surface area contributed by atoms with E-state index in [1.165, 1.54) is 11.1 Å². The van der Waals surface area contributed by atoms with Crippen molar-refractivity contribution >= 4 is 27.8 Å². The summed E-state index contributed by atoms with van der Waals surface area (Å²) in [7, 11) is 9.95. The third-order valence-corrected chi connectivity index (χ3v) is 6.21. The fraction of sp³-hybridized carbons (Fsp3) is 0.370. The second-order valence-electron chi connectivity index (χ2n) is 9.34. The molecule has 0 bridgehead atoms. The summed E-state index contributed by atoms with van der Waals surface area (Å²) in [5.74, 6) is 0.798. The van der Waals surface area contributed by atoms with Gasteiger partial charge in [0.1, 0.15) is 5.75 Å². The Morgan fingerprint density at radius 1 is 0.818 bits per heavy atom. The van der Waals surface area contributed by atoms with Crippen molar-refractivity contribution in [2.75, 3.05) is 48.4 Å². The maximum atomic E-state index is 13.9. The predicted molar refractivity (Wildman–Crippen MR) is 136 cm³/mol. The van der Waals surface area contributed by atoms with Gasteiger partial charge < -0.3 is 14.5 Å². The Labute approximate surface area is 195 Å². The van der Waals surface area contributed by atoms with Crippen LogP contribution in [0, 0.1) is 6.92 Å². The number of benzene rings is 2. The minimum Gasteiger partial charge on any atom is -0.497 e. The van der Waals surface area contributed by atoms with Gasteiger partial charge >= 0.3 is 6.03 Å². The van der Waals surface area contributed by atoms with E-state index in [9.17, 15) is 4.79 Å².